The number of amides is 1. The second-order valence-electron chi connectivity index (χ2n) is 7.28. The van der Waals surface area contributed by atoms with Gasteiger partial charge < -0.3 is 10.1 Å². The Hall–Kier alpha value is -4.20. The summed E-state index contributed by atoms with van der Waals surface area (Å²) in [5.74, 6) is 0.187. The predicted octanol–water partition coefficient (Wildman–Crippen LogP) is 2.43. The largest absolute Gasteiger partial charge is 0.497 e. The number of hydrogen-bond acceptors (Lipinski definition) is 5. The van der Waals surface area contributed by atoms with Crippen molar-refractivity contribution in [2.75, 3.05) is 7.11 Å². The van der Waals surface area contributed by atoms with Crippen LogP contribution in [0.5, 0.6) is 5.75 Å². The highest BCUT2D eigenvalue weighted by atomic mass is 16.5. The Morgan fingerprint density at radius 3 is 2.44 bits per heavy atom. The molecule has 0 saturated carbocycles. The Morgan fingerprint density at radius 1 is 1.03 bits per heavy atom. The summed E-state index contributed by atoms with van der Waals surface area (Å²) in [4.78, 5) is 43.3. The minimum absolute atomic E-state index is 0.224. The normalized spacial score (nSPS) is 11.8. The zero-order valence-corrected chi connectivity index (χ0v) is 17.7. The predicted molar refractivity (Wildman–Crippen MR) is 121 cm³/mol. The third kappa shape index (κ3) is 4.02. The lowest BCUT2D eigenvalue weighted by Gasteiger charge is -2.16. The maximum Gasteiger partial charge on any atom is 0.337 e. The molecule has 0 aliphatic carbocycles. The molecule has 0 aliphatic rings. The number of rotatable bonds is 6. The summed E-state index contributed by atoms with van der Waals surface area (Å²) in [6.45, 7) is 1.44. The molecule has 8 heteroatoms. The minimum Gasteiger partial charge on any atom is -0.497 e. The van der Waals surface area contributed by atoms with Gasteiger partial charge in [0.05, 0.1) is 24.2 Å². The maximum atomic E-state index is 13.3. The van der Waals surface area contributed by atoms with Gasteiger partial charge in [0.1, 0.15) is 12.3 Å². The smallest absolute Gasteiger partial charge is 0.337 e. The van der Waals surface area contributed by atoms with Crippen LogP contribution < -0.4 is 21.3 Å². The van der Waals surface area contributed by atoms with Gasteiger partial charge in [-0.15, -0.1) is 0 Å². The monoisotopic (exact) mass is 430 g/mol. The standard InChI is InChI=1S/C24H22N4O4/c1-16(17-7-4-3-5-8-17)26-21(29)15-27-23(30)20-9-6-14-25-22(20)28(24(27)31)18-10-12-19(32-2)13-11-18/h3-14,16H,15H2,1-2H3,(H,26,29)/t16-/m1/s1. The van der Waals surface area contributed by atoms with Gasteiger partial charge >= 0.3 is 5.69 Å². The highest BCUT2D eigenvalue weighted by Crippen LogP contribution is 2.16. The number of methoxy groups -OCH3 is 1. The summed E-state index contributed by atoms with van der Waals surface area (Å²) in [7, 11) is 1.55. The fraction of sp³-hybridized carbons (Fsp3) is 0.167. The van der Waals surface area contributed by atoms with E-state index in [4.69, 9.17) is 4.74 Å². The molecule has 4 rings (SSSR count). The molecule has 8 nitrogen and oxygen atoms in total. The van der Waals surface area contributed by atoms with Gasteiger partial charge in [0.2, 0.25) is 5.91 Å². The molecule has 162 valence electrons. The molecule has 0 saturated heterocycles. The molecule has 1 atom stereocenters. The van der Waals surface area contributed by atoms with Gasteiger partial charge in [0, 0.05) is 6.20 Å². The summed E-state index contributed by atoms with van der Waals surface area (Å²) < 4.78 is 7.44. The van der Waals surface area contributed by atoms with Crippen LogP contribution in [0.4, 0.5) is 0 Å². The summed E-state index contributed by atoms with van der Waals surface area (Å²) in [6.07, 6.45) is 1.51. The first-order valence-electron chi connectivity index (χ1n) is 10.1. The van der Waals surface area contributed by atoms with Crippen molar-refractivity contribution in [3.8, 4) is 11.4 Å². The van der Waals surface area contributed by atoms with Crippen molar-refractivity contribution in [2.24, 2.45) is 0 Å². The zero-order valence-electron chi connectivity index (χ0n) is 17.7. The van der Waals surface area contributed by atoms with Crippen LogP contribution in [0.3, 0.4) is 0 Å². The van der Waals surface area contributed by atoms with Crippen LogP contribution in [0.2, 0.25) is 0 Å². The lowest BCUT2D eigenvalue weighted by molar-refractivity contribution is -0.122. The fourth-order valence-electron chi connectivity index (χ4n) is 3.54. The number of ether oxygens (including phenoxy) is 1. The lowest BCUT2D eigenvalue weighted by atomic mass is 10.1. The number of nitrogens with zero attached hydrogens (tertiary/aromatic N) is 3. The number of nitrogens with one attached hydrogen (secondary N) is 1. The van der Waals surface area contributed by atoms with Crippen molar-refractivity contribution in [2.45, 2.75) is 19.5 Å². The second kappa shape index (κ2) is 8.89. The highest BCUT2D eigenvalue weighted by Gasteiger charge is 2.18. The number of fused-ring (bicyclic) bond motifs is 1. The van der Waals surface area contributed by atoms with Crippen molar-refractivity contribution in [1.82, 2.24) is 19.4 Å². The molecule has 2 aromatic carbocycles. The first-order valence-corrected chi connectivity index (χ1v) is 10.1. The van der Waals surface area contributed by atoms with Crippen molar-refractivity contribution >= 4 is 16.9 Å². The Bertz CT molecular complexity index is 1380. The Labute approximate surface area is 183 Å². The zero-order chi connectivity index (χ0) is 22.7. The average Bonchev–Trinajstić information content (AvgIpc) is 2.83. The van der Waals surface area contributed by atoms with E-state index in [1.54, 1.807) is 43.5 Å². The van der Waals surface area contributed by atoms with Gasteiger partial charge in [-0.1, -0.05) is 30.3 Å². The van der Waals surface area contributed by atoms with Crippen molar-refractivity contribution in [1.29, 1.82) is 0 Å². The summed E-state index contributed by atoms with van der Waals surface area (Å²) >= 11 is 0. The van der Waals surface area contributed by atoms with Gasteiger partial charge in [0.25, 0.3) is 5.56 Å². The van der Waals surface area contributed by atoms with Gasteiger partial charge in [-0.05, 0) is 48.9 Å². The molecule has 0 aliphatic heterocycles. The van der Waals surface area contributed by atoms with Crippen LogP contribution in [0.25, 0.3) is 16.7 Å². The Balaban J connectivity index is 1.75. The van der Waals surface area contributed by atoms with E-state index in [9.17, 15) is 14.4 Å². The molecular formula is C24H22N4O4. The van der Waals surface area contributed by atoms with E-state index in [2.05, 4.69) is 10.3 Å². The number of aromatic nitrogens is 3. The summed E-state index contributed by atoms with van der Waals surface area (Å²) in [6, 6.07) is 19.2. The molecule has 0 radical (unpaired) electrons. The molecule has 4 aromatic rings. The van der Waals surface area contributed by atoms with Gasteiger partial charge in [-0.2, -0.15) is 0 Å². The van der Waals surface area contributed by atoms with Crippen LogP contribution >= 0.6 is 0 Å². The van der Waals surface area contributed by atoms with Crippen molar-refractivity contribution in [3.63, 3.8) is 0 Å². The lowest BCUT2D eigenvalue weighted by Crippen LogP contribution is -2.44. The summed E-state index contributed by atoms with van der Waals surface area (Å²) in [5.41, 5.74) is 0.444. The van der Waals surface area contributed by atoms with E-state index in [1.165, 1.54) is 10.8 Å². The first kappa shape index (κ1) is 21.0. The minimum atomic E-state index is -0.645. The highest BCUT2D eigenvalue weighted by molar-refractivity contribution is 5.78. The van der Waals surface area contributed by atoms with Crippen LogP contribution in [0.1, 0.15) is 18.5 Å². The number of benzene rings is 2. The first-order chi connectivity index (χ1) is 15.5. The summed E-state index contributed by atoms with van der Waals surface area (Å²) in [5, 5.41) is 3.08. The number of hydrogen-bond donors (Lipinski definition) is 1. The number of carbonyl (C=O) groups is 1. The van der Waals surface area contributed by atoms with E-state index >= 15 is 0 Å². The van der Waals surface area contributed by atoms with Crippen LogP contribution in [-0.4, -0.2) is 27.1 Å². The Kier molecular flexibility index (Phi) is 5.85. The van der Waals surface area contributed by atoms with Crippen LogP contribution in [0, 0.1) is 0 Å². The molecule has 1 N–H and O–H groups in total. The SMILES string of the molecule is COc1ccc(-n2c(=O)n(CC(=O)N[C@H](C)c3ccccc3)c(=O)c3cccnc32)cc1. The third-order valence-corrected chi connectivity index (χ3v) is 5.21. The van der Waals surface area contributed by atoms with Gasteiger partial charge in [-0.3, -0.25) is 9.59 Å². The van der Waals surface area contributed by atoms with E-state index < -0.39 is 23.7 Å². The molecule has 0 unspecified atom stereocenters. The molecule has 2 heterocycles. The molecule has 2 aromatic heterocycles. The Morgan fingerprint density at radius 2 is 1.75 bits per heavy atom. The molecular weight excluding hydrogens is 408 g/mol. The number of carbonyl (C=O) groups excluding carboxylic acids is 1. The van der Waals surface area contributed by atoms with E-state index in [1.807, 2.05) is 37.3 Å². The molecule has 1 amide bonds. The van der Waals surface area contributed by atoms with Crippen molar-refractivity contribution in [3.05, 3.63) is 99.3 Å². The molecule has 0 bridgehead atoms. The van der Waals surface area contributed by atoms with Crippen LogP contribution in [0.15, 0.2) is 82.5 Å². The van der Waals surface area contributed by atoms with Crippen LogP contribution in [-0.2, 0) is 11.3 Å². The average molecular weight is 430 g/mol. The van der Waals surface area contributed by atoms with E-state index in [0.29, 0.717) is 11.4 Å². The molecule has 0 spiro atoms. The maximum absolute atomic E-state index is 13.3. The van der Waals surface area contributed by atoms with Crippen molar-refractivity contribution < 1.29 is 9.53 Å². The third-order valence-electron chi connectivity index (χ3n) is 5.21. The van der Waals surface area contributed by atoms with E-state index in [0.717, 1.165) is 10.1 Å². The van der Waals surface area contributed by atoms with Gasteiger partial charge in [-0.25, -0.2) is 18.9 Å². The number of pyridine rings is 1. The van der Waals surface area contributed by atoms with Gasteiger partial charge in [0.15, 0.2) is 5.65 Å². The second-order valence-corrected chi connectivity index (χ2v) is 7.28. The van der Waals surface area contributed by atoms with E-state index in [-0.39, 0.29) is 17.1 Å². The molecule has 32 heavy (non-hydrogen) atoms. The topological polar surface area (TPSA) is 95.2 Å². The fourth-order valence-corrected chi connectivity index (χ4v) is 3.54. The molecule has 0 fully saturated rings. The quantitative estimate of drug-likeness (QED) is 0.507.